The van der Waals surface area contributed by atoms with Crippen molar-refractivity contribution < 1.29 is 28.6 Å². The van der Waals surface area contributed by atoms with Gasteiger partial charge in [0, 0.05) is 5.92 Å². The molecule has 1 fully saturated rings. The molecule has 6 heteroatoms. The molecule has 1 saturated heterocycles. The number of cyclic esters (lactones) is 1. The molecular formula is C18H30O6. The Kier molecular flexibility index (Phi) is 9.60. The Morgan fingerprint density at radius 2 is 1.71 bits per heavy atom. The van der Waals surface area contributed by atoms with Crippen LogP contribution >= 0.6 is 0 Å². The summed E-state index contributed by atoms with van der Waals surface area (Å²) in [4.78, 5) is 35.6. The lowest BCUT2D eigenvalue weighted by molar-refractivity contribution is -0.151. The summed E-state index contributed by atoms with van der Waals surface area (Å²) < 4.78 is 15.3. The Hall–Kier alpha value is -1.43. The van der Waals surface area contributed by atoms with Crippen molar-refractivity contribution in [3.63, 3.8) is 0 Å². The zero-order chi connectivity index (χ0) is 17.9. The smallest absolute Gasteiger partial charge is 0.331 e. The summed E-state index contributed by atoms with van der Waals surface area (Å²) in [5.74, 6) is -0.887. The van der Waals surface area contributed by atoms with Crippen LogP contribution in [-0.4, -0.2) is 44.1 Å². The summed E-state index contributed by atoms with van der Waals surface area (Å²) in [6.45, 7) is 3.89. The number of hydrogen-bond acceptors (Lipinski definition) is 6. The monoisotopic (exact) mass is 342 g/mol. The second-order valence-electron chi connectivity index (χ2n) is 6.53. The molecule has 0 spiro atoms. The number of rotatable bonds is 3. The number of Topliss-reactive ketones (excluding diaryl/α,β-unsaturated/α-hetero) is 1. The van der Waals surface area contributed by atoms with E-state index in [9.17, 15) is 14.4 Å². The Labute approximate surface area is 144 Å². The van der Waals surface area contributed by atoms with E-state index < -0.39 is 12.1 Å². The van der Waals surface area contributed by atoms with E-state index in [0.29, 0.717) is 25.9 Å². The van der Waals surface area contributed by atoms with Crippen LogP contribution < -0.4 is 0 Å². The van der Waals surface area contributed by atoms with Crippen LogP contribution in [0.5, 0.6) is 0 Å². The van der Waals surface area contributed by atoms with Crippen molar-refractivity contribution in [3.8, 4) is 0 Å². The highest BCUT2D eigenvalue weighted by Crippen LogP contribution is 2.19. The van der Waals surface area contributed by atoms with Gasteiger partial charge in [-0.2, -0.15) is 0 Å². The third-order valence-corrected chi connectivity index (χ3v) is 4.46. The quantitative estimate of drug-likeness (QED) is 0.734. The van der Waals surface area contributed by atoms with Gasteiger partial charge in [-0.25, -0.2) is 4.79 Å². The van der Waals surface area contributed by atoms with E-state index in [1.807, 2.05) is 13.8 Å². The molecule has 1 heterocycles. The highest BCUT2D eigenvalue weighted by Gasteiger charge is 2.25. The predicted octanol–water partition coefficient (Wildman–Crippen LogP) is 2.67. The minimum atomic E-state index is -0.568. The molecule has 3 unspecified atom stereocenters. The van der Waals surface area contributed by atoms with E-state index >= 15 is 0 Å². The van der Waals surface area contributed by atoms with Crippen LogP contribution in [0.25, 0.3) is 0 Å². The molecule has 0 aromatic heterocycles. The molecule has 3 atom stereocenters. The molecule has 0 N–H and O–H groups in total. The predicted molar refractivity (Wildman–Crippen MR) is 88.4 cm³/mol. The van der Waals surface area contributed by atoms with Gasteiger partial charge >= 0.3 is 11.9 Å². The maximum absolute atomic E-state index is 12.5. The van der Waals surface area contributed by atoms with E-state index in [-0.39, 0.29) is 30.2 Å². The van der Waals surface area contributed by atoms with Gasteiger partial charge in [0.25, 0.3) is 0 Å². The Bertz CT molecular complexity index is 420. The van der Waals surface area contributed by atoms with Crippen molar-refractivity contribution in [3.05, 3.63) is 0 Å². The lowest BCUT2D eigenvalue weighted by Gasteiger charge is -2.21. The lowest BCUT2D eigenvalue weighted by atomic mass is 9.93. The van der Waals surface area contributed by atoms with Crippen LogP contribution in [0.2, 0.25) is 0 Å². The number of esters is 2. The van der Waals surface area contributed by atoms with Crippen molar-refractivity contribution in [2.24, 2.45) is 11.8 Å². The Morgan fingerprint density at radius 3 is 2.42 bits per heavy atom. The highest BCUT2D eigenvalue weighted by atomic mass is 16.6. The second kappa shape index (κ2) is 11.2. The van der Waals surface area contributed by atoms with Gasteiger partial charge in [-0.05, 0) is 25.7 Å². The molecule has 1 aliphatic heterocycles. The minimum absolute atomic E-state index is 0.00987. The van der Waals surface area contributed by atoms with Crippen molar-refractivity contribution in [2.75, 3.05) is 20.3 Å². The summed E-state index contributed by atoms with van der Waals surface area (Å²) in [5, 5.41) is 0. The van der Waals surface area contributed by atoms with Gasteiger partial charge in [-0.3, -0.25) is 9.59 Å². The molecule has 0 aromatic carbocycles. The maximum atomic E-state index is 12.5. The van der Waals surface area contributed by atoms with Crippen molar-refractivity contribution in [2.45, 2.75) is 64.9 Å². The SMILES string of the molecule is COC(=O)COC1CCCCCC(C)C(=O)OCCCC(C)C1=O. The molecule has 138 valence electrons. The van der Waals surface area contributed by atoms with E-state index in [1.54, 1.807) is 0 Å². The fourth-order valence-corrected chi connectivity index (χ4v) is 2.77. The van der Waals surface area contributed by atoms with Gasteiger partial charge in [0.1, 0.15) is 12.7 Å². The number of methoxy groups -OCH3 is 1. The first-order chi connectivity index (χ1) is 11.5. The molecule has 0 radical (unpaired) electrons. The third-order valence-electron chi connectivity index (χ3n) is 4.46. The molecule has 0 aliphatic carbocycles. The summed E-state index contributed by atoms with van der Waals surface area (Å²) >= 11 is 0. The first-order valence-corrected chi connectivity index (χ1v) is 8.84. The van der Waals surface area contributed by atoms with Gasteiger partial charge in [0.05, 0.1) is 19.6 Å². The van der Waals surface area contributed by atoms with E-state index in [0.717, 1.165) is 25.7 Å². The number of carbonyl (C=O) groups excluding carboxylic acids is 3. The van der Waals surface area contributed by atoms with E-state index in [1.165, 1.54) is 7.11 Å². The topological polar surface area (TPSA) is 78.9 Å². The van der Waals surface area contributed by atoms with Crippen LogP contribution in [0, 0.1) is 11.8 Å². The molecule has 24 heavy (non-hydrogen) atoms. The molecule has 6 nitrogen and oxygen atoms in total. The zero-order valence-corrected chi connectivity index (χ0v) is 15.0. The number of hydrogen-bond donors (Lipinski definition) is 0. The standard InChI is InChI=1S/C18H30O6/c1-13-9-7-11-23-18(21)14(2)8-5-4-6-10-15(17(13)20)24-12-16(19)22-3/h13-15H,4-12H2,1-3H3. The van der Waals surface area contributed by atoms with Gasteiger partial charge in [0.15, 0.2) is 5.78 Å². The Balaban J connectivity index is 2.63. The van der Waals surface area contributed by atoms with Gasteiger partial charge in [0.2, 0.25) is 0 Å². The number of carbonyl (C=O) groups is 3. The fourth-order valence-electron chi connectivity index (χ4n) is 2.77. The van der Waals surface area contributed by atoms with E-state index in [2.05, 4.69) is 4.74 Å². The average molecular weight is 342 g/mol. The van der Waals surface area contributed by atoms with Crippen LogP contribution in [0.4, 0.5) is 0 Å². The largest absolute Gasteiger partial charge is 0.467 e. The summed E-state index contributed by atoms with van der Waals surface area (Å²) in [6.07, 6.45) is 4.75. The van der Waals surface area contributed by atoms with Crippen LogP contribution in [0.15, 0.2) is 0 Å². The van der Waals surface area contributed by atoms with E-state index in [4.69, 9.17) is 9.47 Å². The summed E-state index contributed by atoms with van der Waals surface area (Å²) in [6, 6.07) is 0. The molecule has 0 bridgehead atoms. The number of ketones is 1. The normalized spacial score (nSPS) is 27.9. The maximum Gasteiger partial charge on any atom is 0.331 e. The molecular weight excluding hydrogens is 312 g/mol. The third kappa shape index (κ3) is 7.43. The van der Waals surface area contributed by atoms with Gasteiger partial charge in [-0.15, -0.1) is 0 Å². The lowest BCUT2D eigenvalue weighted by Crippen LogP contribution is -2.32. The summed E-state index contributed by atoms with van der Waals surface area (Å²) in [7, 11) is 1.30. The molecule has 0 saturated carbocycles. The van der Waals surface area contributed by atoms with Gasteiger partial charge in [-0.1, -0.05) is 33.1 Å². The van der Waals surface area contributed by atoms with Crippen LogP contribution in [0.3, 0.4) is 0 Å². The first-order valence-electron chi connectivity index (χ1n) is 8.84. The van der Waals surface area contributed by atoms with Crippen molar-refractivity contribution in [1.82, 2.24) is 0 Å². The molecule has 1 rings (SSSR count). The van der Waals surface area contributed by atoms with Crippen molar-refractivity contribution in [1.29, 1.82) is 0 Å². The Morgan fingerprint density at radius 1 is 1.04 bits per heavy atom. The zero-order valence-electron chi connectivity index (χ0n) is 15.0. The minimum Gasteiger partial charge on any atom is -0.467 e. The first kappa shape index (κ1) is 20.6. The van der Waals surface area contributed by atoms with Crippen LogP contribution in [0.1, 0.15) is 58.8 Å². The average Bonchev–Trinajstić information content (AvgIpc) is 2.58. The highest BCUT2D eigenvalue weighted by molar-refractivity contribution is 5.85. The molecule has 1 aliphatic rings. The molecule has 0 amide bonds. The van der Waals surface area contributed by atoms with Crippen molar-refractivity contribution >= 4 is 17.7 Å². The fraction of sp³-hybridized carbons (Fsp3) is 0.833. The van der Waals surface area contributed by atoms with Crippen LogP contribution in [-0.2, 0) is 28.6 Å². The second-order valence-corrected chi connectivity index (χ2v) is 6.53. The number of ether oxygens (including phenoxy) is 3. The molecule has 0 aromatic rings. The van der Waals surface area contributed by atoms with Gasteiger partial charge < -0.3 is 14.2 Å². The summed E-state index contributed by atoms with van der Waals surface area (Å²) in [5.41, 5.74) is 0.